The second-order valence-electron chi connectivity index (χ2n) is 17.8. The number of halogens is 4. The highest BCUT2D eigenvalue weighted by Gasteiger charge is 2.57. The number of piperidine rings is 3. The van der Waals surface area contributed by atoms with Crippen LogP contribution in [0.1, 0.15) is 75.8 Å². The highest BCUT2D eigenvalue weighted by molar-refractivity contribution is 8.01. The van der Waals surface area contributed by atoms with Crippen LogP contribution in [0.4, 0.5) is 13.6 Å². The molecule has 2 N–H and O–H groups in total. The number of aromatic nitrogens is 1. The van der Waals surface area contributed by atoms with E-state index in [-0.39, 0.29) is 76.6 Å². The Balaban J connectivity index is 0.942. The Morgan fingerprint density at radius 2 is 1.58 bits per heavy atom. The van der Waals surface area contributed by atoms with E-state index < -0.39 is 41.4 Å². The number of alkyl carbamates (subject to hydrolysis) is 1. The van der Waals surface area contributed by atoms with Gasteiger partial charge in [0, 0.05) is 35.9 Å². The molecule has 10 rings (SSSR count). The monoisotopic (exact) mass is 1000 g/mol. The van der Waals surface area contributed by atoms with Crippen LogP contribution in [-0.4, -0.2) is 89.0 Å². The van der Waals surface area contributed by atoms with Gasteiger partial charge in [0.15, 0.2) is 28.8 Å². The minimum atomic E-state index is -3.15. The smallest absolute Gasteiger partial charge is 0.408 e. The van der Waals surface area contributed by atoms with Crippen molar-refractivity contribution in [2.45, 2.75) is 68.3 Å². The van der Waals surface area contributed by atoms with Crippen molar-refractivity contribution in [3.63, 3.8) is 0 Å². The molecule has 5 aliphatic rings. The Kier molecular flexibility index (Phi) is 14.7. The van der Waals surface area contributed by atoms with Gasteiger partial charge in [0.2, 0.25) is 0 Å². The first-order chi connectivity index (χ1) is 33.3. The number of amides is 2. The maximum absolute atomic E-state index is 14.6. The molecule has 1 aliphatic carbocycles. The number of pyridine rings is 1. The van der Waals surface area contributed by atoms with Crippen LogP contribution in [0.25, 0.3) is 0 Å². The number of carboxylic acid groups (broad SMARTS) is 1. The van der Waals surface area contributed by atoms with E-state index in [2.05, 4.69) is 10.2 Å². The van der Waals surface area contributed by atoms with E-state index >= 15 is 0 Å². The SMILES string of the molecule is O=C(N[C@@H](c1ccccc1)c1cccc(OCc2ccc(C(=O)N3CCS[C@]3(C(=O)O)[C@@H](Cc3c(Cl)c[n+]([O-])cc3Cl)c3ccc(OC(F)F)c(OCC4CC4)c3)cc2)c1)O[C@H]1CN2CCC1CC2. The number of carbonyl (C=O) groups is 3. The normalized spacial score (nSPS) is 21.6. The zero-order valence-electron chi connectivity index (χ0n) is 37.3. The lowest BCUT2D eigenvalue weighted by Crippen LogP contribution is -2.55. The molecular weight excluding hydrogens is 954 g/mol. The summed E-state index contributed by atoms with van der Waals surface area (Å²) in [6.07, 6.45) is 5.29. The molecule has 0 unspecified atom stereocenters. The Morgan fingerprint density at radius 3 is 2.25 bits per heavy atom. The van der Waals surface area contributed by atoms with E-state index in [1.165, 1.54) is 23.1 Å². The molecule has 5 aromatic rings. The fourth-order valence-electron chi connectivity index (χ4n) is 9.54. The molecule has 18 heteroatoms. The lowest BCUT2D eigenvalue weighted by molar-refractivity contribution is -0.605. The average Bonchev–Trinajstić information content (AvgIpc) is 4.07. The van der Waals surface area contributed by atoms with Gasteiger partial charge >= 0.3 is 18.7 Å². The Morgan fingerprint density at radius 1 is 0.855 bits per heavy atom. The van der Waals surface area contributed by atoms with E-state index in [9.17, 15) is 33.5 Å². The first kappa shape index (κ1) is 48.2. The van der Waals surface area contributed by atoms with Gasteiger partial charge in [0.1, 0.15) is 28.5 Å². The first-order valence-electron chi connectivity index (χ1n) is 22.9. The van der Waals surface area contributed by atoms with Crippen molar-refractivity contribution in [1.82, 2.24) is 15.1 Å². The maximum Gasteiger partial charge on any atom is 0.408 e. The largest absolute Gasteiger partial charge is 0.619 e. The Labute approximate surface area is 412 Å². The van der Waals surface area contributed by atoms with Gasteiger partial charge in [-0.15, -0.1) is 11.8 Å². The standard InChI is InChI=1S/C51H50Cl2F2N4O9S/c52-41-26-58(64)27-42(53)39(41)25-40(36-15-16-43(67-49(54)55)44(24-36)66-30-31-9-10-31)51(48(61)62)59(21-22-69-51)47(60)35-13-11-32(12-14-35)29-65-38-8-4-7-37(23-38)46(34-5-2-1-3-6-34)56-50(63)68-45-28-57-19-17-33(45)18-20-57/h1-8,11-16,23-24,26-27,31,33,40,45-46,49H,9-10,17-22,25,28-30H2,(H,56,63)(H,61,62)/t40-,45-,46-,51-/m0/s1. The fraction of sp³-hybridized carbons (Fsp3) is 0.373. The summed E-state index contributed by atoms with van der Waals surface area (Å²) in [4.78, 5) is 43.6. The Bertz CT molecular complexity index is 2640. The minimum Gasteiger partial charge on any atom is -0.619 e. The van der Waals surface area contributed by atoms with Crippen LogP contribution in [0.15, 0.2) is 109 Å². The van der Waals surface area contributed by atoms with Gasteiger partial charge < -0.3 is 39.5 Å². The summed E-state index contributed by atoms with van der Waals surface area (Å²) in [5.41, 5.74) is 3.19. The topological polar surface area (TPSA) is 154 Å². The summed E-state index contributed by atoms with van der Waals surface area (Å²) >= 11 is 14.2. The molecule has 5 heterocycles. The summed E-state index contributed by atoms with van der Waals surface area (Å²) in [7, 11) is 0. The zero-order valence-corrected chi connectivity index (χ0v) is 39.6. The molecule has 4 aliphatic heterocycles. The van der Waals surface area contributed by atoms with Crippen molar-refractivity contribution in [1.29, 1.82) is 0 Å². The summed E-state index contributed by atoms with van der Waals surface area (Å²) in [6, 6.07) is 27.5. The predicted octanol–water partition coefficient (Wildman–Crippen LogP) is 9.50. The van der Waals surface area contributed by atoms with Gasteiger partial charge in [0.25, 0.3) is 5.91 Å². The number of alkyl halides is 2. The van der Waals surface area contributed by atoms with Gasteiger partial charge in [-0.3, -0.25) is 9.69 Å². The van der Waals surface area contributed by atoms with Crippen molar-refractivity contribution in [3.8, 4) is 17.2 Å². The number of hydrogen-bond acceptors (Lipinski definition) is 10. The van der Waals surface area contributed by atoms with E-state index in [0.29, 0.717) is 22.0 Å². The van der Waals surface area contributed by atoms with Crippen molar-refractivity contribution >= 4 is 52.9 Å². The number of carbonyl (C=O) groups excluding carboxylic acids is 2. The highest BCUT2D eigenvalue weighted by atomic mass is 35.5. The van der Waals surface area contributed by atoms with Crippen LogP contribution >= 0.6 is 35.0 Å². The number of hydrogen-bond donors (Lipinski definition) is 2. The van der Waals surface area contributed by atoms with E-state index in [1.54, 1.807) is 24.3 Å². The van der Waals surface area contributed by atoms with Crippen molar-refractivity contribution in [2.24, 2.45) is 11.8 Å². The number of carboxylic acids is 1. The first-order valence-corrected chi connectivity index (χ1v) is 24.6. The third kappa shape index (κ3) is 11.0. The number of thioether (sulfide) groups is 1. The van der Waals surface area contributed by atoms with Crippen LogP contribution in [0, 0.1) is 17.0 Å². The van der Waals surface area contributed by atoms with Gasteiger partial charge in [-0.25, -0.2) is 9.59 Å². The molecule has 5 fully saturated rings. The third-order valence-electron chi connectivity index (χ3n) is 13.3. The molecule has 4 atom stereocenters. The number of nitrogens with one attached hydrogen (secondary N) is 1. The average molecular weight is 1000 g/mol. The minimum absolute atomic E-state index is 0.00875. The number of ether oxygens (including phenoxy) is 4. The molecule has 1 saturated carbocycles. The number of nitrogens with zero attached hydrogens (tertiary/aromatic N) is 3. The second kappa shape index (κ2) is 21.0. The van der Waals surface area contributed by atoms with Crippen LogP contribution < -0.4 is 24.3 Å². The summed E-state index contributed by atoms with van der Waals surface area (Å²) in [6.45, 7) is 0.0961. The summed E-state index contributed by atoms with van der Waals surface area (Å²) in [5, 5.41) is 26.6. The maximum atomic E-state index is 14.6. The molecule has 2 bridgehead atoms. The third-order valence-corrected chi connectivity index (χ3v) is 15.5. The molecule has 13 nitrogen and oxygen atoms in total. The molecule has 69 heavy (non-hydrogen) atoms. The van der Waals surface area contributed by atoms with E-state index in [1.807, 2.05) is 54.6 Å². The van der Waals surface area contributed by atoms with Gasteiger partial charge in [-0.1, -0.05) is 83.9 Å². The second-order valence-corrected chi connectivity index (χ2v) is 20.0. The number of rotatable bonds is 18. The predicted molar refractivity (Wildman–Crippen MR) is 255 cm³/mol. The van der Waals surface area contributed by atoms with Crippen LogP contribution in [0.5, 0.6) is 17.2 Å². The Hall–Kier alpha value is -5.81. The lowest BCUT2D eigenvalue weighted by atomic mass is 9.83. The summed E-state index contributed by atoms with van der Waals surface area (Å²) in [5.74, 6) is -1.84. The fourth-order valence-corrected chi connectivity index (χ4v) is 11.6. The molecule has 2 amide bonds. The molecule has 4 aromatic carbocycles. The van der Waals surface area contributed by atoms with Gasteiger partial charge in [-0.2, -0.15) is 13.5 Å². The summed E-state index contributed by atoms with van der Waals surface area (Å²) < 4.78 is 50.6. The molecule has 4 saturated heterocycles. The van der Waals surface area contributed by atoms with Crippen molar-refractivity contribution in [3.05, 3.63) is 158 Å². The molecular formula is C51H50Cl2F2N4O9S. The zero-order chi connectivity index (χ0) is 48.2. The van der Waals surface area contributed by atoms with Crippen LogP contribution in [0.3, 0.4) is 0 Å². The van der Waals surface area contributed by atoms with Crippen LogP contribution in [-0.2, 0) is 22.6 Å². The number of fused-ring (bicyclic) bond motifs is 3. The lowest BCUT2D eigenvalue weighted by Gasteiger charge is -2.43. The van der Waals surface area contributed by atoms with Gasteiger partial charge in [0.05, 0.1) is 12.6 Å². The van der Waals surface area contributed by atoms with Crippen molar-refractivity contribution in [2.75, 3.05) is 38.5 Å². The highest BCUT2D eigenvalue weighted by Crippen LogP contribution is 2.51. The van der Waals surface area contributed by atoms with E-state index in [4.69, 9.17) is 42.1 Å². The van der Waals surface area contributed by atoms with Gasteiger partial charge in [-0.05, 0) is 116 Å². The molecule has 362 valence electrons. The van der Waals surface area contributed by atoms with Crippen molar-refractivity contribution < 1.29 is 51.9 Å². The molecule has 0 radical (unpaired) electrons. The number of aliphatic carboxylic acids is 1. The quantitative estimate of drug-likeness (QED) is 0.0638. The molecule has 0 spiro atoms. The molecule has 1 aromatic heterocycles. The van der Waals surface area contributed by atoms with Crippen LogP contribution in [0.2, 0.25) is 10.0 Å². The number of benzene rings is 4. The van der Waals surface area contributed by atoms with E-state index in [0.717, 1.165) is 86.2 Å².